The van der Waals surface area contributed by atoms with Crippen LogP contribution in [-0.2, 0) is 38.4 Å². The number of fused-ring (bicyclic) bond motifs is 8. The molecular formula is C64H34K12N4O32. The second kappa shape index (κ2) is 59.3. The number of carboxylic acids is 12. The minimum absolute atomic E-state index is 0. The third kappa shape index (κ3) is 34.3. The first-order valence-electron chi connectivity index (χ1n) is 27.8. The first kappa shape index (κ1) is 123. The van der Waals surface area contributed by atoms with E-state index >= 15 is 0 Å². The minimum atomic E-state index is -2.01. The molecular weight excluding hydrogens is 1810 g/mol. The van der Waals surface area contributed by atoms with Gasteiger partial charge in [0, 0.05) is 66.6 Å². The molecule has 0 radical (unpaired) electrons. The number of nitrogens with zero attached hydrogens (tertiary/aromatic N) is 2. The number of hydrogen-bond acceptors (Lipinski definition) is 34. The Morgan fingerprint density at radius 2 is 0.366 bits per heavy atom. The molecule has 2 N–H and O–H groups in total. The summed E-state index contributed by atoms with van der Waals surface area (Å²) in [6.07, 6.45) is 4.42. The summed E-state index contributed by atoms with van der Waals surface area (Å²) in [4.78, 5) is 164. The molecule has 0 saturated heterocycles. The fraction of sp³-hybridized carbons (Fsp3) is 0.125. The van der Waals surface area contributed by atoms with E-state index in [0.717, 1.165) is 48.6 Å². The fourth-order valence-electron chi connectivity index (χ4n) is 10.1. The van der Waals surface area contributed by atoms with Crippen molar-refractivity contribution < 1.29 is 773 Å². The summed E-state index contributed by atoms with van der Waals surface area (Å²) in [5.41, 5.74) is -11.5. The van der Waals surface area contributed by atoms with E-state index in [2.05, 4.69) is 9.97 Å². The Morgan fingerprint density at radius 3 is 0.482 bits per heavy atom. The molecule has 2 aliphatic rings. The van der Waals surface area contributed by atoms with Crippen molar-refractivity contribution >= 4 is 118 Å². The zero-order chi connectivity index (χ0) is 72.5. The van der Waals surface area contributed by atoms with E-state index < -0.39 is 282 Å². The van der Waals surface area contributed by atoms with Crippen molar-refractivity contribution in [3.8, 4) is 90.5 Å². The van der Waals surface area contributed by atoms with Crippen molar-refractivity contribution in [3.63, 3.8) is 0 Å². The van der Waals surface area contributed by atoms with Crippen LogP contribution in [0, 0.1) is 0 Å². The van der Waals surface area contributed by atoms with Gasteiger partial charge in [-0.1, -0.05) is 0 Å². The minimum Gasteiger partial charge on any atom is -0.546 e. The standard InChI is InChI=1S/C64H46N4O32.12K/c69-45(70)17-93-37-9-25(61(85)86)10-38(94-18-46(71)72)57(37)53-29-1-2-30(65-29)54(58-39(95-19-47(73)74)11-26(62(87)88)12-40(58)96-20-48(75)76)32-5-6-34(67-32)56(60-43(99-23-51(81)82)15-28(64(91)92)16-44(60)100-24-52(83)84)36-8-7-35(68-36)55(33-4-3-31(53)66-33)59-41(97-21-49(77)78)13-27(63(89)90)14-42(59)98-22-50(79)80;;;;;;;;;;;;/h1-16,65,68H,17-24H2,(H,69,70)(H,71,72)(H,73,74)(H,75,76)(H,77,78)(H,79,80)(H,81,82)(H,83,84)(H,85,86)(H,87,88)(H,89,90)(H,91,92);;;;;;;;;;;;/q;12*+1/p-12. The fourth-order valence-corrected chi connectivity index (χ4v) is 10.1. The van der Waals surface area contributed by atoms with E-state index in [4.69, 9.17) is 47.9 Å². The second-order valence-electron chi connectivity index (χ2n) is 20.3. The summed E-state index contributed by atoms with van der Waals surface area (Å²) >= 11 is 0. The van der Waals surface area contributed by atoms with Gasteiger partial charge in [-0.3, -0.25) is 0 Å². The molecule has 36 nitrogen and oxygen atoms in total. The quantitative estimate of drug-likeness (QED) is 0.0370. The Morgan fingerprint density at radius 1 is 0.232 bits per heavy atom. The molecule has 0 saturated carbocycles. The number of carbonyl (C=O) groups excluding carboxylic acids is 12. The van der Waals surface area contributed by atoms with Gasteiger partial charge in [-0.25, -0.2) is 9.97 Å². The van der Waals surface area contributed by atoms with Gasteiger partial charge >= 0.3 is 617 Å². The van der Waals surface area contributed by atoms with E-state index in [1.165, 1.54) is 0 Å². The van der Waals surface area contributed by atoms with Crippen molar-refractivity contribution in [2.45, 2.75) is 0 Å². The molecule has 4 aromatic carbocycles. The first-order valence-corrected chi connectivity index (χ1v) is 27.8. The zero-order valence-corrected chi connectivity index (χ0v) is 99.3. The molecule has 0 fully saturated rings. The summed E-state index contributed by atoms with van der Waals surface area (Å²) in [5, 5.41) is 148. The molecule has 48 heteroatoms. The SMILES string of the molecule is O=C([O-])COc1cc(C(=O)[O-])cc(OCC(=O)[O-])c1-c1c2nc(c(-c3c(OCC(=O)[O-])cc(C(=O)[O-])cc3OCC(=O)[O-])c3ccc([nH]3)c(-c3c(OCC(=O)[O-])cc(C(=O)[O-])cc3OCC(=O)[O-])c3nc(c(-c4c(OCC(=O)[O-])cc(C(=O)[O-])cc4OCC(=O)[O-])c4ccc1[nH]4)C=C3)C=C2.[K+].[K+].[K+].[K+].[K+].[K+].[K+].[K+].[K+].[K+].[K+].[K+]. The van der Waals surface area contributed by atoms with Crippen LogP contribution in [0.15, 0.2) is 72.8 Å². The molecule has 3 aromatic heterocycles. The summed E-state index contributed by atoms with van der Waals surface area (Å²) in [6, 6.07) is 9.94. The number of aromatic amines is 2. The number of aromatic carboxylic acids is 4. The van der Waals surface area contributed by atoms with Crippen molar-refractivity contribution in [1.82, 2.24) is 19.9 Å². The Balaban J connectivity index is -0.00000486. The van der Waals surface area contributed by atoms with Crippen LogP contribution in [0.5, 0.6) is 46.0 Å². The van der Waals surface area contributed by atoms with Gasteiger partial charge in [0.25, 0.3) is 0 Å². The van der Waals surface area contributed by atoms with E-state index in [0.29, 0.717) is 48.5 Å². The number of nitrogens with one attached hydrogen (secondary N) is 2. The molecule has 5 heterocycles. The maximum atomic E-state index is 12.7. The first-order chi connectivity index (χ1) is 47.5. The average molecular weight is 1840 g/mol. The molecule has 0 atom stereocenters. The number of hydrogen-bond donors (Lipinski definition) is 2. The van der Waals surface area contributed by atoms with Crippen molar-refractivity contribution in [2.75, 3.05) is 52.9 Å². The molecule has 112 heavy (non-hydrogen) atoms. The number of carboxylic acid groups (broad SMARTS) is 12. The van der Waals surface area contributed by atoms with Gasteiger partial charge in [-0.05, 0) is 97.1 Å². The topological polar surface area (TPSA) is 613 Å². The van der Waals surface area contributed by atoms with E-state index in [1.54, 1.807) is 0 Å². The maximum Gasteiger partial charge on any atom is 1.00 e. The van der Waals surface area contributed by atoms with Gasteiger partial charge in [0.15, 0.2) is 0 Å². The van der Waals surface area contributed by atoms with E-state index in [9.17, 15) is 119 Å². The van der Waals surface area contributed by atoms with Crippen LogP contribution < -0.4 is 716 Å². The van der Waals surface area contributed by atoms with Crippen LogP contribution in [0.3, 0.4) is 0 Å². The average Bonchev–Trinajstić information content (AvgIpc) is 1.57. The molecule has 0 amide bonds. The predicted octanol–water partition coefficient (Wildman–Crippen LogP) is -46.1. The largest absolute Gasteiger partial charge is 1.00 e. The number of aliphatic carboxylic acids is 8. The Labute approximate surface area is 1140 Å². The van der Waals surface area contributed by atoms with Gasteiger partial charge < -0.3 is 167 Å². The normalized spacial score (nSPS) is 10.0. The molecule has 8 bridgehead atoms. The molecule has 9 rings (SSSR count). The summed E-state index contributed by atoms with van der Waals surface area (Å²) in [7, 11) is 0. The molecule has 0 unspecified atom stereocenters. The van der Waals surface area contributed by atoms with Gasteiger partial charge in [0.05, 0.1) is 117 Å². The van der Waals surface area contributed by atoms with E-state index in [-0.39, 0.29) is 617 Å². The Kier molecular flexibility index (Phi) is 65.4. The number of carbonyl (C=O) groups is 12. The predicted molar refractivity (Wildman–Crippen MR) is 302 cm³/mol. The van der Waals surface area contributed by atoms with Crippen molar-refractivity contribution in [2.24, 2.45) is 0 Å². The third-order valence-corrected chi connectivity index (χ3v) is 13.7. The molecule has 2 aliphatic heterocycles. The molecule has 514 valence electrons. The number of rotatable bonds is 32. The number of H-pyrrole nitrogens is 2. The zero-order valence-electron chi connectivity index (χ0n) is 61.9. The van der Waals surface area contributed by atoms with Gasteiger partial charge in [0.2, 0.25) is 0 Å². The van der Waals surface area contributed by atoms with Crippen LogP contribution >= 0.6 is 0 Å². The number of ether oxygens (including phenoxy) is 8. The number of benzene rings is 4. The second-order valence-corrected chi connectivity index (χ2v) is 20.3. The number of aromatic nitrogens is 4. The van der Waals surface area contributed by atoms with Crippen molar-refractivity contribution in [1.29, 1.82) is 0 Å². The molecule has 0 spiro atoms. The molecule has 7 aromatic rings. The maximum absolute atomic E-state index is 12.7. The van der Waals surface area contributed by atoms with E-state index in [1.807, 2.05) is 0 Å². The van der Waals surface area contributed by atoms with Gasteiger partial charge in [-0.2, -0.15) is 0 Å². The third-order valence-electron chi connectivity index (χ3n) is 13.7. The Hall–Kier alpha value is 5.16. The van der Waals surface area contributed by atoms with Gasteiger partial charge in [-0.15, -0.1) is 0 Å². The smallest absolute Gasteiger partial charge is 0.546 e. The van der Waals surface area contributed by atoms with Crippen LogP contribution in [0.25, 0.3) is 90.9 Å². The van der Waals surface area contributed by atoms with Crippen LogP contribution in [0.4, 0.5) is 0 Å². The van der Waals surface area contributed by atoms with Crippen LogP contribution in [0.2, 0.25) is 0 Å². The summed E-state index contributed by atoms with van der Waals surface area (Å²) in [5.74, 6) is -30.3. The summed E-state index contributed by atoms with van der Waals surface area (Å²) in [6.45, 7) is -11.4. The van der Waals surface area contributed by atoms with Gasteiger partial charge in [0.1, 0.15) is 98.9 Å². The summed E-state index contributed by atoms with van der Waals surface area (Å²) < 4.78 is 44.8. The monoisotopic (exact) mass is 1840 g/mol. The van der Waals surface area contributed by atoms with Crippen LogP contribution in [-0.4, -0.2) is 144 Å². The Bertz CT molecular complexity index is 4220. The van der Waals surface area contributed by atoms with Crippen LogP contribution in [0.1, 0.15) is 64.2 Å². The molecule has 0 aliphatic carbocycles. The van der Waals surface area contributed by atoms with Crippen molar-refractivity contribution in [3.05, 3.63) is 118 Å².